The highest BCUT2D eigenvalue weighted by molar-refractivity contribution is 9.10. The first-order valence-electron chi connectivity index (χ1n) is 4.99. The number of nitrogens with one attached hydrogen (secondary N) is 1. The Hall–Kier alpha value is -1.20. The molecule has 0 spiro atoms. The summed E-state index contributed by atoms with van der Waals surface area (Å²) in [5.41, 5.74) is 1.94. The molecule has 4 nitrogen and oxygen atoms in total. The third kappa shape index (κ3) is 3.38. The van der Waals surface area contributed by atoms with E-state index in [1.165, 1.54) is 0 Å². The van der Waals surface area contributed by atoms with Crippen LogP contribution in [0.25, 0.3) is 0 Å². The molecule has 88 valence electrons. The van der Waals surface area contributed by atoms with Crippen LogP contribution in [0.4, 0.5) is 5.82 Å². The maximum absolute atomic E-state index is 5.73. The molecule has 2 aromatic heterocycles. The maximum atomic E-state index is 5.73. The number of nitrogens with zero attached hydrogens (tertiary/aromatic N) is 3. The van der Waals surface area contributed by atoms with E-state index in [9.17, 15) is 0 Å². The van der Waals surface area contributed by atoms with Gasteiger partial charge in [0.05, 0.1) is 16.7 Å². The molecule has 0 fully saturated rings. The quantitative estimate of drug-likeness (QED) is 0.884. The zero-order chi connectivity index (χ0) is 12.3. The number of pyridine rings is 1. The smallest absolute Gasteiger partial charge is 0.224 e. The zero-order valence-corrected chi connectivity index (χ0v) is 11.5. The first kappa shape index (κ1) is 12.3. The number of hydrogen-bond donors (Lipinski definition) is 1. The number of aromatic nitrogens is 3. The van der Waals surface area contributed by atoms with Gasteiger partial charge in [0.15, 0.2) is 0 Å². The van der Waals surface area contributed by atoms with E-state index in [0.29, 0.717) is 12.4 Å². The van der Waals surface area contributed by atoms with E-state index in [4.69, 9.17) is 11.6 Å². The van der Waals surface area contributed by atoms with Crippen LogP contribution in [0, 0.1) is 6.92 Å². The lowest BCUT2D eigenvalue weighted by Gasteiger charge is -2.07. The minimum Gasteiger partial charge on any atom is -0.363 e. The van der Waals surface area contributed by atoms with Crippen LogP contribution < -0.4 is 5.32 Å². The summed E-state index contributed by atoms with van der Waals surface area (Å²) in [6.45, 7) is 2.55. The van der Waals surface area contributed by atoms with Crippen LogP contribution in [0.5, 0.6) is 0 Å². The third-order valence-electron chi connectivity index (χ3n) is 2.10. The van der Waals surface area contributed by atoms with E-state index in [-0.39, 0.29) is 5.28 Å². The van der Waals surface area contributed by atoms with Gasteiger partial charge < -0.3 is 5.32 Å². The molecule has 0 aliphatic heterocycles. The molecule has 0 atom stereocenters. The second-order valence-electron chi connectivity index (χ2n) is 3.46. The van der Waals surface area contributed by atoms with Gasteiger partial charge >= 0.3 is 0 Å². The van der Waals surface area contributed by atoms with Crippen LogP contribution >= 0.6 is 27.5 Å². The van der Waals surface area contributed by atoms with Gasteiger partial charge in [0.2, 0.25) is 5.28 Å². The first-order chi connectivity index (χ1) is 8.15. The molecule has 2 aromatic rings. The van der Waals surface area contributed by atoms with Crippen LogP contribution in [0.15, 0.2) is 28.9 Å². The largest absolute Gasteiger partial charge is 0.363 e. The van der Waals surface area contributed by atoms with Crippen molar-refractivity contribution in [3.8, 4) is 0 Å². The SMILES string of the molecule is Cc1cccc(CNc2nc(Cl)ncc2Br)n1. The summed E-state index contributed by atoms with van der Waals surface area (Å²) in [6, 6.07) is 5.89. The zero-order valence-electron chi connectivity index (χ0n) is 9.11. The molecule has 2 rings (SSSR count). The number of halogens is 2. The lowest BCUT2D eigenvalue weighted by molar-refractivity contribution is 0.994. The van der Waals surface area contributed by atoms with Crippen molar-refractivity contribution in [1.82, 2.24) is 15.0 Å². The number of aryl methyl sites for hydroxylation is 1. The highest BCUT2D eigenvalue weighted by Gasteiger charge is 2.03. The first-order valence-corrected chi connectivity index (χ1v) is 6.16. The Bertz CT molecular complexity index is 533. The Morgan fingerprint density at radius 1 is 1.35 bits per heavy atom. The summed E-state index contributed by atoms with van der Waals surface area (Å²) >= 11 is 9.08. The highest BCUT2D eigenvalue weighted by Crippen LogP contribution is 2.20. The van der Waals surface area contributed by atoms with Crippen molar-refractivity contribution in [1.29, 1.82) is 0 Å². The Morgan fingerprint density at radius 3 is 2.94 bits per heavy atom. The van der Waals surface area contributed by atoms with Crippen molar-refractivity contribution >= 4 is 33.3 Å². The molecule has 0 unspecified atom stereocenters. The van der Waals surface area contributed by atoms with Crippen LogP contribution in [-0.4, -0.2) is 15.0 Å². The lowest BCUT2D eigenvalue weighted by atomic mass is 10.3. The summed E-state index contributed by atoms with van der Waals surface area (Å²) in [5, 5.41) is 3.37. The molecule has 1 N–H and O–H groups in total. The Labute approximate surface area is 113 Å². The van der Waals surface area contributed by atoms with E-state index in [0.717, 1.165) is 15.9 Å². The third-order valence-corrected chi connectivity index (χ3v) is 2.86. The Kier molecular flexibility index (Phi) is 3.91. The van der Waals surface area contributed by atoms with Gasteiger partial charge in [0, 0.05) is 11.9 Å². The number of rotatable bonds is 3. The molecule has 0 aromatic carbocycles. The lowest BCUT2D eigenvalue weighted by Crippen LogP contribution is -2.05. The standard InChI is InChI=1S/C11H10BrClN4/c1-7-3-2-4-8(16-7)5-14-10-9(12)6-15-11(13)17-10/h2-4,6H,5H2,1H3,(H,14,15,17). The van der Waals surface area contributed by atoms with Crippen LogP contribution in [0.1, 0.15) is 11.4 Å². The fourth-order valence-electron chi connectivity index (χ4n) is 1.34. The minimum atomic E-state index is 0.216. The fraction of sp³-hybridized carbons (Fsp3) is 0.182. The molecule has 0 radical (unpaired) electrons. The molecule has 0 aliphatic rings. The van der Waals surface area contributed by atoms with Gasteiger partial charge in [-0.05, 0) is 46.6 Å². The van der Waals surface area contributed by atoms with Crippen molar-refractivity contribution < 1.29 is 0 Å². The summed E-state index contributed by atoms with van der Waals surface area (Å²) in [5.74, 6) is 0.660. The molecule has 0 amide bonds. The summed E-state index contributed by atoms with van der Waals surface area (Å²) in [6.07, 6.45) is 1.61. The van der Waals surface area contributed by atoms with Gasteiger partial charge in [0.1, 0.15) is 5.82 Å². The predicted molar refractivity (Wildman–Crippen MR) is 71.0 cm³/mol. The van der Waals surface area contributed by atoms with Gasteiger partial charge in [-0.15, -0.1) is 0 Å². The minimum absolute atomic E-state index is 0.216. The van der Waals surface area contributed by atoms with Gasteiger partial charge in [0.25, 0.3) is 0 Å². The topological polar surface area (TPSA) is 50.7 Å². The average molecular weight is 314 g/mol. The van der Waals surface area contributed by atoms with E-state index < -0.39 is 0 Å². The monoisotopic (exact) mass is 312 g/mol. The van der Waals surface area contributed by atoms with Crippen molar-refractivity contribution in [2.75, 3.05) is 5.32 Å². The molecule has 6 heteroatoms. The van der Waals surface area contributed by atoms with Gasteiger partial charge in [-0.25, -0.2) is 4.98 Å². The normalized spacial score (nSPS) is 10.3. The van der Waals surface area contributed by atoms with Crippen molar-refractivity contribution in [2.45, 2.75) is 13.5 Å². The molecule has 0 bridgehead atoms. The number of hydrogen-bond acceptors (Lipinski definition) is 4. The van der Waals surface area contributed by atoms with Crippen molar-refractivity contribution in [3.05, 3.63) is 45.5 Å². The van der Waals surface area contributed by atoms with Crippen molar-refractivity contribution in [2.24, 2.45) is 0 Å². The molecule has 0 saturated heterocycles. The average Bonchev–Trinajstić information content (AvgIpc) is 2.30. The Balaban J connectivity index is 2.09. The predicted octanol–water partition coefficient (Wildman–Crippen LogP) is 3.21. The second-order valence-corrected chi connectivity index (χ2v) is 4.65. The summed E-state index contributed by atoms with van der Waals surface area (Å²) < 4.78 is 0.773. The van der Waals surface area contributed by atoms with E-state index >= 15 is 0 Å². The summed E-state index contributed by atoms with van der Waals surface area (Å²) in [4.78, 5) is 12.3. The fourth-order valence-corrected chi connectivity index (χ4v) is 1.81. The molecule has 17 heavy (non-hydrogen) atoms. The van der Waals surface area contributed by atoms with Gasteiger partial charge in [-0.3, -0.25) is 4.98 Å². The van der Waals surface area contributed by atoms with E-state index in [2.05, 4.69) is 36.2 Å². The van der Waals surface area contributed by atoms with Crippen LogP contribution in [0.2, 0.25) is 5.28 Å². The highest BCUT2D eigenvalue weighted by atomic mass is 79.9. The van der Waals surface area contributed by atoms with E-state index in [1.54, 1.807) is 6.20 Å². The molecular formula is C11H10BrClN4. The van der Waals surface area contributed by atoms with Gasteiger partial charge in [-0.1, -0.05) is 6.07 Å². The molecule has 0 aliphatic carbocycles. The second kappa shape index (κ2) is 5.42. The molecule has 2 heterocycles. The van der Waals surface area contributed by atoms with Crippen LogP contribution in [-0.2, 0) is 6.54 Å². The van der Waals surface area contributed by atoms with Crippen molar-refractivity contribution in [3.63, 3.8) is 0 Å². The van der Waals surface area contributed by atoms with Gasteiger partial charge in [-0.2, -0.15) is 4.98 Å². The summed E-state index contributed by atoms with van der Waals surface area (Å²) in [7, 11) is 0. The molecule has 0 saturated carbocycles. The number of anilines is 1. The molecular weight excluding hydrogens is 304 g/mol. The maximum Gasteiger partial charge on any atom is 0.224 e. The van der Waals surface area contributed by atoms with E-state index in [1.807, 2.05) is 25.1 Å². The van der Waals surface area contributed by atoms with Crippen LogP contribution in [0.3, 0.4) is 0 Å². The Morgan fingerprint density at radius 2 is 2.18 bits per heavy atom.